The molecule has 0 aliphatic carbocycles. The van der Waals surface area contributed by atoms with E-state index in [0.29, 0.717) is 0 Å². The van der Waals surface area contributed by atoms with Gasteiger partial charge in [0.15, 0.2) is 0 Å². The van der Waals surface area contributed by atoms with Gasteiger partial charge in [-0.15, -0.1) is 0 Å². The molecule has 0 aliphatic heterocycles. The monoisotopic (exact) mass is 354 g/mol. The molecule has 15 heavy (non-hydrogen) atoms. The molecule has 1 N–H and O–H groups in total. The molecule has 80 valence electrons. The predicted octanol–water partition coefficient (Wildman–Crippen LogP) is -8.83. The normalized spacial score (nSPS) is 9.80. The Morgan fingerprint density at radius 2 is 1.20 bits per heavy atom. The molecule has 0 fully saturated rings. The van der Waals surface area contributed by atoms with Gasteiger partial charge in [-0.2, -0.15) is 0 Å². The van der Waals surface area contributed by atoms with E-state index in [0.717, 1.165) is 6.92 Å². The second kappa shape index (κ2) is 11.9. The number of carbonyl (C=O) groups is 1. The zero-order valence-electron chi connectivity index (χ0n) is 8.03. The van der Waals surface area contributed by atoms with Crippen LogP contribution in [0.2, 0.25) is 0 Å². The summed E-state index contributed by atoms with van der Waals surface area (Å²) in [7, 11) is 0. The van der Waals surface area contributed by atoms with E-state index in [1.54, 1.807) is 0 Å². The molecule has 0 saturated heterocycles. The fourth-order valence-electron chi connectivity index (χ4n) is 0.102. The van der Waals surface area contributed by atoms with Crippen LogP contribution in [0.1, 0.15) is 6.92 Å². The van der Waals surface area contributed by atoms with E-state index in [1.807, 2.05) is 0 Å². The van der Waals surface area contributed by atoms with Gasteiger partial charge in [-0.05, 0) is 0 Å². The Morgan fingerprint density at radius 3 is 1.20 bits per heavy atom. The molecule has 0 saturated carbocycles. The van der Waals surface area contributed by atoms with Gasteiger partial charge in [0.25, 0.3) is 5.97 Å². The summed E-state index contributed by atoms with van der Waals surface area (Å²) in [4.78, 5) is 9.00. The first kappa shape index (κ1) is 26.5. The number of carboxylic acid groups (broad SMARTS) is 1. The van der Waals surface area contributed by atoms with Crippen molar-refractivity contribution in [2.75, 3.05) is 0 Å². The third-order valence-electron chi connectivity index (χ3n) is 0.167. The number of rotatable bonds is 2. The molecule has 0 amide bonds. The van der Waals surface area contributed by atoms with E-state index >= 15 is 0 Å². The second-order valence-electron chi connectivity index (χ2n) is 1.40. The summed E-state index contributed by atoms with van der Waals surface area (Å²) < 4.78 is 58.9. The van der Waals surface area contributed by atoms with E-state index in [-0.39, 0.29) is 103 Å². The Hall–Kier alpha value is 2.89. The molecule has 0 aromatic rings. The molecular weight excluding hydrogens is 350 g/mol. The van der Waals surface area contributed by atoms with Gasteiger partial charge < -0.3 is 5.11 Å². The van der Waals surface area contributed by atoms with Crippen LogP contribution in [0, 0.1) is 0 Å². The van der Waals surface area contributed by atoms with E-state index in [4.69, 9.17) is 9.90 Å². The van der Waals surface area contributed by atoms with Crippen molar-refractivity contribution in [3.8, 4) is 0 Å². The Labute approximate surface area is 175 Å². The Bertz CT molecular complexity index is 320. The fraction of sp³-hybridized carbons (Fsp3) is 0.500. The summed E-state index contributed by atoms with van der Waals surface area (Å²) in [5.74, 6) is -0.833. The van der Waals surface area contributed by atoms with Crippen molar-refractivity contribution in [1.82, 2.24) is 0 Å². The van der Waals surface area contributed by atoms with Gasteiger partial charge in [0.1, 0.15) is 0 Å². The molecule has 13 heteroatoms. The average Bonchev–Trinajstić information content (AvgIpc) is 1.47. The van der Waals surface area contributed by atoms with Crippen molar-refractivity contribution >= 4 is 5.97 Å². The SMILES string of the molecule is CC(=O)O.[K+].[K+].[O]=[Cr](=[O])([O-])[O][Cr](=[O])(=[O])[O-]. The Morgan fingerprint density at radius 1 is 1.07 bits per heavy atom. The third kappa shape index (κ3) is 47.4. The molecule has 0 radical (unpaired) electrons. The summed E-state index contributed by atoms with van der Waals surface area (Å²) in [6.07, 6.45) is 0. The van der Waals surface area contributed by atoms with Gasteiger partial charge in [-0.3, -0.25) is 4.79 Å². The van der Waals surface area contributed by atoms with Crippen LogP contribution in [0.25, 0.3) is 0 Å². The molecule has 0 rings (SSSR count). The summed E-state index contributed by atoms with van der Waals surface area (Å²) in [6.45, 7) is 1.08. The molecule has 0 aliphatic rings. The molecule has 0 aromatic carbocycles. The van der Waals surface area contributed by atoms with Crippen LogP contribution >= 0.6 is 0 Å². The zero-order valence-corrected chi connectivity index (χ0v) is 16.8. The van der Waals surface area contributed by atoms with Gasteiger partial charge in [0, 0.05) is 6.92 Å². The minimum absolute atomic E-state index is 0. The number of hydrogen-bond acceptors (Lipinski definition) is 8. The number of aliphatic carboxylic acids is 1. The van der Waals surface area contributed by atoms with Crippen LogP contribution < -0.4 is 111 Å². The maximum atomic E-state index is 9.38. The van der Waals surface area contributed by atoms with Gasteiger partial charge in [0.2, 0.25) is 0 Å². The topological polar surface area (TPSA) is 161 Å². The van der Waals surface area contributed by atoms with Gasteiger partial charge in [0.05, 0.1) is 0 Å². The molecule has 0 bridgehead atoms. The molecule has 0 unspecified atom stereocenters. The maximum absolute atomic E-state index is 9.38. The molecule has 9 nitrogen and oxygen atoms in total. The van der Waals surface area contributed by atoms with Crippen molar-refractivity contribution < 1.29 is 166 Å². The first-order valence-corrected chi connectivity index (χ1v) is 6.43. The first-order chi connectivity index (χ1) is 5.44. The van der Waals surface area contributed by atoms with Crippen molar-refractivity contribution in [3.63, 3.8) is 0 Å². The quantitative estimate of drug-likeness (QED) is 0.475. The third-order valence-corrected chi connectivity index (χ3v) is 2.83. The Kier molecular flexibility index (Phi) is 21.1. The van der Waals surface area contributed by atoms with Crippen LogP contribution in [0.3, 0.4) is 0 Å². The second-order valence-corrected chi connectivity index (χ2v) is 5.04. The standard InChI is InChI=1S/C2H4O2.2Cr.2K.7O/c1-2(3)4;;;;;;;;;;;/h1H3,(H,3,4);;;;;;;;;;;/q;;;2*+1;;;;;;2*-1. The molecular formula is C2H4Cr2K2O9. The van der Waals surface area contributed by atoms with Crippen LogP contribution in [0.5, 0.6) is 0 Å². The average molecular weight is 354 g/mol. The molecule has 0 heterocycles. The van der Waals surface area contributed by atoms with E-state index in [9.17, 15) is 23.5 Å². The number of carboxylic acids is 1. The molecule has 0 aromatic heterocycles. The van der Waals surface area contributed by atoms with Crippen LogP contribution in [-0.4, -0.2) is 11.1 Å². The van der Waals surface area contributed by atoms with Crippen LogP contribution in [0.4, 0.5) is 0 Å². The van der Waals surface area contributed by atoms with Crippen LogP contribution in [-0.2, 0) is 50.1 Å². The number of hydrogen-bond donors (Lipinski definition) is 1. The fourth-order valence-corrected chi connectivity index (χ4v) is 1.74. The predicted molar refractivity (Wildman–Crippen MR) is 17.1 cm³/mol. The summed E-state index contributed by atoms with van der Waals surface area (Å²) >= 11 is -12.1. The van der Waals surface area contributed by atoms with Gasteiger partial charge in [-0.1, -0.05) is 0 Å². The molecule has 0 atom stereocenters. The summed E-state index contributed by atoms with van der Waals surface area (Å²) in [6, 6.07) is 0. The van der Waals surface area contributed by atoms with Gasteiger partial charge in [-0.25, -0.2) is 0 Å². The van der Waals surface area contributed by atoms with Crippen molar-refractivity contribution in [3.05, 3.63) is 0 Å². The van der Waals surface area contributed by atoms with Gasteiger partial charge >= 0.3 is 156 Å². The Balaban J connectivity index is -0.0000000883. The van der Waals surface area contributed by atoms with E-state index < -0.39 is 33.2 Å². The van der Waals surface area contributed by atoms with Crippen molar-refractivity contribution in [2.24, 2.45) is 0 Å². The first-order valence-electron chi connectivity index (χ1n) is 2.26. The summed E-state index contributed by atoms with van der Waals surface area (Å²) in [5, 5.41) is 7.42. The van der Waals surface area contributed by atoms with Crippen molar-refractivity contribution in [2.45, 2.75) is 6.92 Å². The van der Waals surface area contributed by atoms with Crippen molar-refractivity contribution in [1.29, 1.82) is 0 Å². The summed E-state index contributed by atoms with van der Waals surface area (Å²) in [5.41, 5.74) is 0. The zero-order chi connectivity index (χ0) is 11.3. The minimum atomic E-state index is -6.07. The van der Waals surface area contributed by atoms with Crippen LogP contribution in [0.15, 0.2) is 0 Å². The van der Waals surface area contributed by atoms with E-state index in [1.165, 1.54) is 0 Å². The molecule has 0 spiro atoms. The van der Waals surface area contributed by atoms with E-state index in [2.05, 4.69) is 2.84 Å².